The Balaban J connectivity index is 2.75. The van der Waals surface area contributed by atoms with Gasteiger partial charge in [0, 0.05) is 6.42 Å². The molecule has 0 aromatic rings. The van der Waals surface area contributed by atoms with Crippen LogP contribution in [0.2, 0.25) is 0 Å². The Morgan fingerprint density at radius 3 is 2.60 bits per heavy atom. The zero-order valence-electron chi connectivity index (χ0n) is 10.0. The van der Waals surface area contributed by atoms with Crippen molar-refractivity contribution in [3.05, 3.63) is 0 Å². The number of ketones is 1. The fourth-order valence-corrected chi connectivity index (χ4v) is 2.56. The Morgan fingerprint density at radius 1 is 1.53 bits per heavy atom. The normalized spacial score (nSPS) is 30.0. The Morgan fingerprint density at radius 2 is 2.13 bits per heavy atom. The third-order valence-electron chi connectivity index (χ3n) is 2.98. The first-order chi connectivity index (χ1) is 6.87. The van der Waals surface area contributed by atoms with E-state index in [1.165, 1.54) is 0 Å². The summed E-state index contributed by atoms with van der Waals surface area (Å²) in [5.74, 6) is -0.735. The predicted molar refractivity (Wildman–Crippen MR) is 57.3 cm³/mol. The molecule has 3 heteroatoms. The Hall–Kier alpha value is -0.860. The third kappa shape index (κ3) is 2.80. The van der Waals surface area contributed by atoms with Gasteiger partial charge in [0.1, 0.15) is 11.7 Å². The van der Waals surface area contributed by atoms with Crippen LogP contribution in [0.3, 0.4) is 0 Å². The van der Waals surface area contributed by atoms with Gasteiger partial charge in [-0.25, -0.2) is 0 Å². The van der Waals surface area contributed by atoms with Crippen molar-refractivity contribution in [1.29, 1.82) is 0 Å². The zero-order valence-corrected chi connectivity index (χ0v) is 10.0. The van der Waals surface area contributed by atoms with E-state index in [0.717, 1.165) is 6.42 Å². The van der Waals surface area contributed by atoms with Crippen LogP contribution in [0.15, 0.2) is 0 Å². The molecule has 2 atom stereocenters. The second-order valence-corrected chi connectivity index (χ2v) is 5.22. The third-order valence-corrected chi connectivity index (χ3v) is 2.98. The maximum atomic E-state index is 11.8. The smallest absolute Gasteiger partial charge is 0.316 e. The van der Waals surface area contributed by atoms with Crippen molar-refractivity contribution in [3.63, 3.8) is 0 Å². The lowest BCUT2D eigenvalue weighted by molar-refractivity contribution is -0.156. The summed E-state index contributed by atoms with van der Waals surface area (Å²) in [5, 5.41) is 0. The molecule has 0 N–H and O–H groups in total. The molecule has 1 rings (SSSR count). The van der Waals surface area contributed by atoms with E-state index in [2.05, 4.69) is 13.8 Å². The van der Waals surface area contributed by atoms with Gasteiger partial charge in [-0.15, -0.1) is 0 Å². The van der Waals surface area contributed by atoms with Gasteiger partial charge in [0.05, 0.1) is 6.61 Å². The van der Waals surface area contributed by atoms with Crippen LogP contribution in [0.25, 0.3) is 0 Å². The molecule has 0 aliphatic heterocycles. The van der Waals surface area contributed by atoms with Gasteiger partial charge in [0.15, 0.2) is 0 Å². The molecule has 15 heavy (non-hydrogen) atoms. The van der Waals surface area contributed by atoms with Gasteiger partial charge in [-0.05, 0) is 24.7 Å². The van der Waals surface area contributed by atoms with E-state index in [4.69, 9.17) is 4.74 Å². The van der Waals surface area contributed by atoms with Gasteiger partial charge in [0.2, 0.25) is 0 Å². The average molecular weight is 212 g/mol. The molecule has 0 heterocycles. The average Bonchev–Trinajstić information content (AvgIpc) is 1.99. The highest BCUT2D eigenvalue weighted by Crippen LogP contribution is 2.40. The molecule has 0 saturated heterocycles. The fraction of sp³-hybridized carbons (Fsp3) is 0.833. The van der Waals surface area contributed by atoms with E-state index < -0.39 is 5.92 Å². The number of rotatable bonds is 2. The number of carbonyl (C=O) groups is 2. The zero-order chi connectivity index (χ0) is 11.6. The minimum absolute atomic E-state index is 0.0273. The lowest BCUT2D eigenvalue weighted by Gasteiger charge is -2.36. The van der Waals surface area contributed by atoms with Crippen molar-refractivity contribution >= 4 is 11.8 Å². The maximum Gasteiger partial charge on any atom is 0.316 e. The van der Waals surface area contributed by atoms with E-state index >= 15 is 0 Å². The van der Waals surface area contributed by atoms with Crippen molar-refractivity contribution in [2.75, 3.05) is 6.61 Å². The molecule has 3 nitrogen and oxygen atoms in total. The molecule has 0 aromatic heterocycles. The summed E-state index contributed by atoms with van der Waals surface area (Å²) < 4.78 is 4.93. The van der Waals surface area contributed by atoms with Gasteiger partial charge < -0.3 is 4.74 Å². The molecule has 0 radical (unpaired) electrons. The van der Waals surface area contributed by atoms with Crippen LogP contribution in [0, 0.1) is 17.3 Å². The van der Waals surface area contributed by atoms with Crippen molar-refractivity contribution in [2.45, 2.75) is 40.5 Å². The topological polar surface area (TPSA) is 43.4 Å². The quantitative estimate of drug-likeness (QED) is 0.520. The number of ether oxygens (including phenoxy) is 1. The first-order valence-corrected chi connectivity index (χ1v) is 5.57. The number of hydrogen-bond donors (Lipinski definition) is 0. The van der Waals surface area contributed by atoms with Crippen molar-refractivity contribution in [3.8, 4) is 0 Å². The predicted octanol–water partition coefficient (Wildman–Crippen LogP) is 2.19. The summed E-state index contributed by atoms with van der Waals surface area (Å²) in [6.07, 6.45) is 1.39. The van der Waals surface area contributed by atoms with Gasteiger partial charge in [-0.2, -0.15) is 0 Å². The van der Waals surface area contributed by atoms with Gasteiger partial charge in [-0.3, -0.25) is 9.59 Å². The molecule has 0 bridgehead atoms. The van der Waals surface area contributed by atoms with Gasteiger partial charge >= 0.3 is 5.97 Å². The molecule has 0 spiro atoms. The highest BCUT2D eigenvalue weighted by Gasteiger charge is 2.42. The minimum atomic E-state index is -0.530. The first kappa shape index (κ1) is 12.2. The molecule has 86 valence electrons. The number of carbonyl (C=O) groups excluding carboxylic acids is 2. The van der Waals surface area contributed by atoms with E-state index in [1.807, 2.05) is 6.92 Å². The molecule has 0 amide bonds. The molecular formula is C12H20O3. The summed E-state index contributed by atoms with van der Waals surface area (Å²) >= 11 is 0. The molecule has 1 aliphatic rings. The van der Waals surface area contributed by atoms with E-state index in [1.54, 1.807) is 6.92 Å². The second-order valence-electron chi connectivity index (χ2n) is 5.22. The summed E-state index contributed by atoms with van der Waals surface area (Å²) in [4.78, 5) is 23.4. The van der Waals surface area contributed by atoms with Gasteiger partial charge in [-0.1, -0.05) is 20.8 Å². The van der Waals surface area contributed by atoms with Crippen molar-refractivity contribution in [2.24, 2.45) is 17.3 Å². The van der Waals surface area contributed by atoms with Crippen LogP contribution in [-0.4, -0.2) is 18.4 Å². The van der Waals surface area contributed by atoms with Crippen molar-refractivity contribution in [1.82, 2.24) is 0 Å². The van der Waals surface area contributed by atoms with E-state index in [-0.39, 0.29) is 23.1 Å². The van der Waals surface area contributed by atoms with Crippen LogP contribution in [0.4, 0.5) is 0 Å². The first-order valence-electron chi connectivity index (χ1n) is 5.57. The van der Waals surface area contributed by atoms with E-state index in [9.17, 15) is 9.59 Å². The highest BCUT2D eigenvalue weighted by atomic mass is 16.5. The van der Waals surface area contributed by atoms with Crippen LogP contribution in [-0.2, 0) is 14.3 Å². The summed E-state index contributed by atoms with van der Waals surface area (Å²) in [6.45, 7) is 8.21. The lowest BCUT2D eigenvalue weighted by Crippen LogP contribution is -2.41. The largest absolute Gasteiger partial charge is 0.465 e. The maximum absolute atomic E-state index is 11.8. The molecule has 0 aromatic carbocycles. The molecular weight excluding hydrogens is 192 g/mol. The van der Waals surface area contributed by atoms with Crippen LogP contribution in [0.5, 0.6) is 0 Å². The summed E-state index contributed by atoms with van der Waals surface area (Å²) in [7, 11) is 0. The summed E-state index contributed by atoms with van der Waals surface area (Å²) in [5.41, 5.74) is 0.0273. The lowest BCUT2D eigenvalue weighted by atomic mass is 9.67. The monoisotopic (exact) mass is 212 g/mol. The number of hydrogen-bond acceptors (Lipinski definition) is 3. The number of esters is 1. The second kappa shape index (κ2) is 4.33. The fourth-order valence-electron chi connectivity index (χ4n) is 2.56. The summed E-state index contributed by atoms with van der Waals surface area (Å²) in [6, 6.07) is 0. The SMILES string of the molecule is CCOC(=O)C1C(=O)CC(C)(C)CC1C. The minimum Gasteiger partial charge on any atom is -0.465 e. The molecule has 1 saturated carbocycles. The number of Topliss-reactive ketones (excluding diaryl/α,β-unsaturated/α-hetero) is 1. The Bertz CT molecular complexity index is 268. The Labute approximate surface area is 91.2 Å². The molecule has 2 unspecified atom stereocenters. The molecule has 1 aliphatic carbocycles. The van der Waals surface area contributed by atoms with Gasteiger partial charge in [0.25, 0.3) is 0 Å². The van der Waals surface area contributed by atoms with Crippen LogP contribution < -0.4 is 0 Å². The highest BCUT2D eigenvalue weighted by molar-refractivity contribution is 6.00. The van der Waals surface area contributed by atoms with Crippen LogP contribution >= 0.6 is 0 Å². The molecule has 1 fully saturated rings. The van der Waals surface area contributed by atoms with Crippen molar-refractivity contribution < 1.29 is 14.3 Å². The van der Waals surface area contributed by atoms with E-state index in [0.29, 0.717) is 13.0 Å². The Kier molecular flexibility index (Phi) is 3.53. The van der Waals surface area contributed by atoms with Crippen LogP contribution in [0.1, 0.15) is 40.5 Å². The standard InChI is InChI=1S/C12H20O3/c1-5-15-11(14)10-8(2)6-12(3,4)7-9(10)13/h8,10H,5-7H2,1-4H3.